The molecule has 4 heterocycles. The number of aromatic nitrogens is 10. The van der Waals surface area contributed by atoms with Crippen molar-refractivity contribution in [2.75, 3.05) is 0 Å². The van der Waals surface area contributed by atoms with E-state index in [9.17, 15) is 5.26 Å². The largest absolute Gasteiger partial charge is 0.308 e. The minimum atomic E-state index is 0.436. The number of hydrogen-bond donors (Lipinski definition) is 0. The predicted molar refractivity (Wildman–Crippen MR) is 320 cm³/mol. The number of fused-ring (bicyclic) bond motifs is 3. The van der Waals surface area contributed by atoms with Gasteiger partial charge in [-0.1, -0.05) is 231 Å². The Balaban J connectivity index is 1.07. The maximum Gasteiger partial charge on any atom is 0.166 e. The van der Waals surface area contributed by atoms with E-state index in [2.05, 4.69) is 65.2 Å². The van der Waals surface area contributed by atoms with Crippen LogP contribution in [-0.4, -0.2) is 49.4 Å². The monoisotopic (exact) mass is 1040 g/mol. The third-order valence-electron chi connectivity index (χ3n) is 14.2. The molecular weight excluding hydrogens is 995 g/mol. The molecule has 0 N–H and O–H groups in total. The number of benzene rings is 10. The normalized spacial score (nSPS) is 11.2. The fraction of sp³-hybridized carbons (Fsp3) is 0. The molecule has 0 radical (unpaired) electrons. The van der Waals surface area contributed by atoms with E-state index in [1.54, 1.807) is 0 Å². The Hall–Kier alpha value is -11.5. The summed E-state index contributed by atoms with van der Waals surface area (Å²) in [6.45, 7) is 0. The van der Waals surface area contributed by atoms with Gasteiger partial charge in [0.05, 0.1) is 28.4 Å². The average Bonchev–Trinajstić information content (AvgIpc) is 4.00. The van der Waals surface area contributed by atoms with Crippen molar-refractivity contribution in [1.82, 2.24) is 49.4 Å². The van der Waals surface area contributed by atoms with Crippen molar-refractivity contribution in [3.63, 3.8) is 0 Å². The van der Waals surface area contributed by atoms with E-state index >= 15 is 0 Å². The van der Waals surface area contributed by atoms with Gasteiger partial charge in [-0.05, 0) is 41.5 Å². The summed E-state index contributed by atoms with van der Waals surface area (Å²) in [5, 5.41) is 12.4. The minimum absolute atomic E-state index is 0.436. The van der Waals surface area contributed by atoms with E-state index in [1.165, 1.54) is 0 Å². The maximum absolute atomic E-state index is 10.5. The van der Waals surface area contributed by atoms with Gasteiger partial charge < -0.3 is 4.57 Å². The second kappa shape index (κ2) is 20.8. The molecule has 0 amide bonds. The van der Waals surface area contributed by atoms with E-state index in [-0.39, 0.29) is 0 Å². The van der Waals surface area contributed by atoms with Gasteiger partial charge in [0.15, 0.2) is 52.4 Å². The lowest BCUT2D eigenvalue weighted by atomic mass is 9.97. The van der Waals surface area contributed by atoms with Crippen LogP contribution >= 0.6 is 0 Å². The molecule has 0 unspecified atom stereocenters. The molecular formula is C70H43N11. The Kier molecular flexibility index (Phi) is 12.3. The minimum Gasteiger partial charge on any atom is -0.308 e. The molecule has 14 aromatic rings. The Morgan fingerprint density at radius 1 is 0.247 bits per heavy atom. The van der Waals surface area contributed by atoms with Gasteiger partial charge in [-0.3, -0.25) is 0 Å². The van der Waals surface area contributed by atoms with Crippen LogP contribution < -0.4 is 0 Å². The quantitative estimate of drug-likeness (QED) is 0.123. The van der Waals surface area contributed by atoms with E-state index in [0.717, 1.165) is 83.1 Å². The first-order valence-corrected chi connectivity index (χ1v) is 26.4. The molecule has 11 nitrogen and oxygen atoms in total. The highest BCUT2D eigenvalue weighted by molar-refractivity contribution is 6.11. The Morgan fingerprint density at radius 3 is 0.889 bits per heavy atom. The van der Waals surface area contributed by atoms with Crippen molar-refractivity contribution in [1.29, 1.82) is 5.26 Å². The van der Waals surface area contributed by atoms with Gasteiger partial charge in [0.25, 0.3) is 0 Å². The molecule has 0 saturated carbocycles. The number of nitriles is 1. The summed E-state index contributed by atoms with van der Waals surface area (Å²) in [6.07, 6.45) is 0. The molecule has 0 aliphatic carbocycles. The molecule has 0 saturated heterocycles. The predicted octanol–water partition coefficient (Wildman–Crippen LogP) is 15.9. The molecule has 4 aromatic heterocycles. The van der Waals surface area contributed by atoms with Crippen molar-refractivity contribution in [3.05, 3.63) is 266 Å². The highest BCUT2D eigenvalue weighted by atomic mass is 15.1. The van der Waals surface area contributed by atoms with Crippen LogP contribution in [0.15, 0.2) is 261 Å². The molecule has 0 bridgehead atoms. The molecule has 0 aliphatic heterocycles. The fourth-order valence-corrected chi connectivity index (χ4v) is 10.3. The molecule has 0 fully saturated rings. The first-order chi connectivity index (χ1) is 40.1. The van der Waals surface area contributed by atoms with Crippen LogP contribution in [-0.2, 0) is 0 Å². The second-order valence-electron chi connectivity index (χ2n) is 19.3. The van der Waals surface area contributed by atoms with E-state index < -0.39 is 0 Å². The van der Waals surface area contributed by atoms with Gasteiger partial charge >= 0.3 is 0 Å². The first-order valence-electron chi connectivity index (χ1n) is 26.4. The SMILES string of the molecule is N#Cc1ccccc1-c1ccc(-n2c3cc(-c4nc(-c5ccccc5)nc(-c5ccccc5)n4)ccc3c3ccc(-c4nc(-c5ccccc5)nc(-c5ccccc5)n4)cc32)c(-c2nc(-c3ccccc3)nc(-c3ccccc3)n2)c1. The smallest absolute Gasteiger partial charge is 0.166 e. The van der Waals surface area contributed by atoms with Crippen molar-refractivity contribution < 1.29 is 0 Å². The summed E-state index contributed by atoms with van der Waals surface area (Å²) in [6, 6.07) is 88.9. The topological polar surface area (TPSA) is 145 Å². The van der Waals surface area contributed by atoms with Crippen LogP contribution in [0.1, 0.15) is 5.56 Å². The second-order valence-corrected chi connectivity index (χ2v) is 19.3. The summed E-state index contributed by atoms with van der Waals surface area (Å²) in [4.78, 5) is 46.5. The van der Waals surface area contributed by atoms with E-state index in [4.69, 9.17) is 44.9 Å². The molecule has 10 aromatic carbocycles. The summed E-state index contributed by atoms with van der Waals surface area (Å²) >= 11 is 0. The molecule has 81 heavy (non-hydrogen) atoms. The highest BCUT2D eigenvalue weighted by Crippen LogP contribution is 2.41. The summed E-state index contributed by atoms with van der Waals surface area (Å²) in [5.41, 5.74) is 12.0. The van der Waals surface area contributed by atoms with Gasteiger partial charge in [0.1, 0.15) is 0 Å². The summed E-state index contributed by atoms with van der Waals surface area (Å²) in [7, 11) is 0. The highest BCUT2D eigenvalue weighted by Gasteiger charge is 2.24. The van der Waals surface area contributed by atoms with Gasteiger partial charge in [-0.25, -0.2) is 44.9 Å². The van der Waals surface area contributed by atoms with Crippen molar-refractivity contribution in [2.24, 2.45) is 0 Å². The zero-order chi connectivity index (χ0) is 54.1. The van der Waals surface area contributed by atoms with Gasteiger partial charge in [0.2, 0.25) is 0 Å². The third-order valence-corrected chi connectivity index (χ3v) is 14.2. The lowest BCUT2D eigenvalue weighted by Gasteiger charge is -2.17. The Labute approximate surface area is 466 Å². The van der Waals surface area contributed by atoms with Gasteiger partial charge in [0, 0.05) is 60.8 Å². The van der Waals surface area contributed by atoms with Gasteiger partial charge in [-0.2, -0.15) is 5.26 Å². The number of nitrogens with zero attached hydrogens (tertiary/aromatic N) is 11. The number of hydrogen-bond acceptors (Lipinski definition) is 10. The van der Waals surface area contributed by atoms with E-state index in [0.29, 0.717) is 63.5 Å². The Morgan fingerprint density at radius 2 is 0.543 bits per heavy atom. The molecule has 14 rings (SSSR count). The zero-order valence-corrected chi connectivity index (χ0v) is 43.2. The third kappa shape index (κ3) is 9.30. The van der Waals surface area contributed by atoms with Crippen molar-refractivity contribution >= 4 is 21.8 Å². The fourth-order valence-electron chi connectivity index (χ4n) is 10.3. The van der Waals surface area contributed by atoms with Gasteiger partial charge in [-0.15, -0.1) is 0 Å². The summed E-state index contributed by atoms with van der Waals surface area (Å²) < 4.78 is 2.26. The van der Waals surface area contributed by atoms with Crippen molar-refractivity contribution in [3.8, 4) is 125 Å². The van der Waals surface area contributed by atoms with Crippen LogP contribution in [0.2, 0.25) is 0 Å². The summed E-state index contributed by atoms with van der Waals surface area (Å²) in [5.74, 6) is 4.70. The number of rotatable bonds is 11. The zero-order valence-electron chi connectivity index (χ0n) is 43.2. The average molecular weight is 1040 g/mol. The van der Waals surface area contributed by atoms with E-state index in [1.807, 2.05) is 206 Å². The molecule has 0 spiro atoms. The van der Waals surface area contributed by atoms with Crippen LogP contribution in [0.5, 0.6) is 0 Å². The van der Waals surface area contributed by atoms with Crippen LogP contribution in [0, 0.1) is 11.3 Å². The first kappa shape index (κ1) is 47.9. The lowest BCUT2D eigenvalue weighted by molar-refractivity contribution is 1.06. The van der Waals surface area contributed by atoms with Crippen LogP contribution in [0.4, 0.5) is 0 Å². The van der Waals surface area contributed by atoms with Crippen LogP contribution in [0.25, 0.3) is 141 Å². The molecule has 0 aliphatic rings. The molecule has 0 atom stereocenters. The molecule has 378 valence electrons. The standard InChI is InChI=1S/C70H43N11/c71-44-54-33-19-20-34-55(54)51-37-40-59(58(41-51)70-79-66(49-29-15-5-16-30-49)74-67(80-70)50-31-17-6-18-32-50)81-60-42-52(68-75-62(45-21-7-1-8-22-45)72-63(76-68)46-23-9-2-10-24-46)35-38-56(60)57-39-36-53(43-61(57)81)69-77-64(47-25-11-3-12-26-47)73-65(78-69)48-27-13-4-14-28-48/h1-43H. The van der Waals surface area contributed by atoms with Crippen LogP contribution in [0.3, 0.4) is 0 Å². The Bertz CT molecular complexity index is 4330. The molecule has 11 heteroatoms. The maximum atomic E-state index is 10.5. The van der Waals surface area contributed by atoms with Crippen molar-refractivity contribution in [2.45, 2.75) is 0 Å². The lowest BCUT2D eigenvalue weighted by Crippen LogP contribution is -2.04.